The fourth-order valence-electron chi connectivity index (χ4n) is 2.02. The summed E-state index contributed by atoms with van der Waals surface area (Å²) in [6.07, 6.45) is 0. The number of ether oxygens (including phenoxy) is 1. The topological polar surface area (TPSA) is 39.1 Å². The standard InChI is InChI=1S/C14H17BrClN3O/c1-9-13(15)12(19(3)18-9)8-20-14-10(7-17-2)5-4-6-11(14)16/h4-6,17H,7-8H2,1-3H3. The molecule has 20 heavy (non-hydrogen) atoms. The Morgan fingerprint density at radius 3 is 2.80 bits per heavy atom. The van der Waals surface area contributed by atoms with Gasteiger partial charge in [-0.1, -0.05) is 23.7 Å². The first-order chi connectivity index (χ1) is 9.54. The van der Waals surface area contributed by atoms with Crippen LogP contribution in [0.2, 0.25) is 5.02 Å². The van der Waals surface area contributed by atoms with Crippen molar-refractivity contribution < 1.29 is 4.74 Å². The Bertz CT molecular complexity index is 613. The summed E-state index contributed by atoms with van der Waals surface area (Å²) in [6.45, 7) is 3.08. The second kappa shape index (κ2) is 6.61. The van der Waals surface area contributed by atoms with Gasteiger partial charge in [0, 0.05) is 19.2 Å². The maximum absolute atomic E-state index is 6.23. The van der Waals surface area contributed by atoms with Crippen LogP contribution in [0.25, 0.3) is 0 Å². The molecule has 4 nitrogen and oxygen atoms in total. The van der Waals surface area contributed by atoms with Crippen LogP contribution >= 0.6 is 27.5 Å². The van der Waals surface area contributed by atoms with Gasteiger partial charge in [-0.05, 0) is 36.0 Å². The molecule has 1 aromatic heterocycles. The average Bonchev–Trinajstić information content (AvgIpc) is 2.64. The van der Waals surface area contributed by atoms with Crippen LogP contribution in [0.3, 0.4) is 0 Å². The summed E-state index contributed by atoms with van der Waals surface area (Å²) < 4.78 is 8.71. The van der Waals surface area contributed by atoms with Gasteiger partial charge >= 0.3 is 0 Å². The zero-order valence-corrected chi connectivity index (χ0v) is 14.0. The van der Waals surface area contributed by atoms with Crippen molar-refractivity contribution in [1.82, 2.24) is 15.1 Å². The smallest absolute Gasteiger partial charge is 0.142 e. The first-order valence-corrected chi connectivity index (χ1v) is 7.44. The highest BCUT2D eigenvalue weighted by atomic mass is 79.9. The van der Waals surface area contributed by atoms with Crippen molar-refractivity contribution in [1.29, 1.82) is 0 Å². The Morgan fingerprint density at radius 1 is 1.45 bits per heavy atom. The Hall–Kier alpha value is -1.04. The maximum atomic E-state index is 6.23. The average molecular weight is 359 g/mol. The molecule has 0 amide bonds. The van der Waals surface area contributed by atoms with Gasteiger partial charge < -0.3 is 10.1 Å². The highest BCUT2D eigenvalue weighted by Crippen LogP contribution is 2.30. The molecule has 0 spiro atoms. The monoisotopic (exact) mass is 357 g/mol. The van der Waals surface area contributed by atoms with Crippen molar-refractivity contribution in [2.24, 2.45) is 7.05 Å². The van der Waals surface area contributed by atoms with Crippen LogP contribution in [0.15, 0.2) is 22.7 Å². The van der Waals surface area contributed by atoms with E-state index in [2.05, 4.69) is 26.3 Å². The molecule has 0 atom stereocenters. The molecule has 0 aliphatic rings. The number of aryl methyl sites for hydroxylation is 2. The van der Waals surface area contributed by atoms with Gasteiger partial charge in [-0.25, -0.2) is 0 Å². The summed E-state index contributed by atoms with van der Waals surface area (Å²) in [4.78, 5) is 0. The lowest BCUT2D eigenvalue weighted by atomic mass is 10.2. The molecular formula is C14H17BrClN3O. The van der Waals surface area contributed by atoms with Crippen LogP contribution in [-0.4, -0.2) is 16.8 Å². The Labute approximate surface area is 132 Å². The first kappa shape index (κ1) is 15.4. The highest BCUT2D eigenvalue weighted by molar-refractivity contribution is 9.10. The Balaban J connectivity index is 2.22. The summed E-state index contributed by atoms with van der Waals surface area (Å²) in [5.74, 6) is 0.717. The van der Waals surface area contributed by atoms with E-state index in [0.717, 1.165) is 21.4 Å². The number of rotatable bonds is 5. The molecule has 0 bridgehead atoms. The Kier molecular flexibility index (Phi) is 5.07. The molecule has 1 N–H and O–H groups in total. The summed E-state index contributed by atoms with van der Waals surface area (Å²) in [5, 5.41) is 8.08. The van der Waals surface area contributed by atoms with Gasteiger partial charge in [-0.3, -0.25) is 4.68 Å². The number of nitrogens with zero attached hydrogens (tertiary/aromatic N) is 2. The molecule has 2 aromatic rings. The van der Waals surface area contributed by atoms with Crippen LogP contribution in [0.5, 0.6) is 5.75 Å². The van der Waals surface area contributed by atoms with E-state index in [1.54, 1.807) is 0 Å². The summed E-state index contributed by atoms with van der Waals surface area (Å²) in [6, 6.07) is 5.76. The lowest BCUT2D eigenvalue weighted by molar-refractivity contribution is 0.291. The molecular weight excluding hydrogens is 342 g/mol. The molecule has 0 saturated heterocycles. The van der Waals surface area contributed by atoms with E-state index in [1.165, 1.54) is 0 Å². The minimum absolute atomic E-state index is 0.415. The number of benzene rings is 1. The molecule has 108 valence electrons. The predicted octanol–water partition coefficient (Wildman–Crippen LogP) is 3.44. The Morgan fingerprint density at radius 2 is 2.20 bits per heavy atom. The van der Waals surface area contributed by atoms with E-state index >= 15 is 0 Å². The van der Waals surface area contributed by atoms with Crippen LogP contribution in [0.1, 0.15) is 17.0 Å². The van der Waals surface area contributed by atoms with E-state index in [1.807, 2.05) is 43.9 Å². The summed E-state index contributed by atoms with van der Waals surface area (Å²) in [5.41, 5.74) is 2.97. The molecule has 0 unspecified atom stereocenters. The maximum Gasteiger partial charge on any atom is 0.142 e. The van der Waals surface area contributed by atoms with E-state index < -0.39 is 0 Å². The minimum atomic E-state index is 0.415. The number of halogens is 2. The molecule has 0 aliphatic heterocycles. The third-order valence-electron chi connectivity index (χ3n) is 3.03. The van der Waals surface area contributed by atoms with Gasteiger partial charge in [-0.15, -0.1) is 0 Å². The van der Waals surface area contributed by atoms with Gasteiger partial charge in [0.15, 0.2) is 0 Å². The first-order valence-electron chi connectivity index (χ1n) is 6.27. The van der Waals surface area contributed by atoms with Gasteiger partial charge in [0.05, 0.1) is 20.9 Å². The molecule has 1 heterocycles. The third kappa shape index (κ3) is 3.16. The van der Waals surface area contributed by atoms with Crippen LogP contribution in [0.4, 0.5) is 0 Å². The fraction of sp³-hybridized carbons (Fsp3) is 0.357. The molecule has 2 rings (SSSR count). The van der Waals surface area contributed by atoms with Gasteiger partial charge in [0.1, 0.15) is 12.4 Å². The summed E-state index contributed by atoms with van der Waals surface area (Å²) in [7, 11) is 3.79. The van der Waals surface area contributed by atoms with E-state index in [9.17, 15) is 0 Å². The number of aromatic nitrogens is 2. The second-order valence-electron chi connectivity index (χ2n) is 4.52. The zero-order chi connectivity index (χ0) is 14.7. The molecule has 0 saturated carbocycles. The van der Waals surface area contributed by atoms with Crippen LogP contribution in [-0.2, 0) is 20.2 Å². The quantitative estimate of drug-likeness (QED) is 0.890. The third-order valence-corrected chi connectivity index (χ3v) is 4.36. The van der Waals surface area contributed by atoms with Gasteiger partial charge in [0.25, 0.3) is 0 Å². The molecule has 6 heteroatoms. The van der Waals surface area contributed by atoms with E-state index in [-0.39, 0.29) is 0 Å². The number of hydrogen-bond acceptors (Lipinski definition) is 3. The van der Waals surface area contributed by atoms with E-state index in [0.29, 0.717) is 23.9 Å². The number of nitrogens with one attached hydrogen (secondary N) is 1. The second-order valence-corrected chi connectivity index (χ2v) is 5.72. The van der Waals surface area contributed by atoms with Crippen molar-refractivity contribution in [3.63, 3.8) is 0 Å². The SMILES string of the molecule is CNCc1cccc(Cl)c1OCc1c(Br)c(C)nn1C. The normalized spacial score (nSPS) is 10.8. The van der Waals surface area contributed by atoms with E-state index in [4.69, 9.17) is 16.3 Å². The fourth-order valence-corrected chi connectivity index (χ4v) is 2.72. The van der Waals surface area contributed by atoms with Crippen molar-refractivity contribution in [2.75, 3.05) is 7.05 Å². The highest BCUT2D eigenvalue weighted by Gasteiger charge is 2.13. The van der Waals surface area contributed by atoms with Gasteiger partial charge in [-0.2, -0.15) is 5.10 Å². The lowest BCUT2D eigenvalue weighted by Gasteiger charge is -2.13. The van der Waals surface area contributed by atoms with Gasteiger partial charge in [0.2, 0.25) is 0 Å². The zero-order valence-electron chi connectivity index (χ0n) is 11.7. The van der Waals surface area contributed by atoms with Crippen molar-refractivity contribution in [2.45, 2.75) is 20.1 Å². The minimum Gasteiger partial charge on any atom is -0.485 e. The predicted molar refractivity (Wildman–Crippen MR) is 84.2 cm³/mol. The summed E-state index contributed by atoms with van der Waals surface area (Å²) >= 11 is 9.76. The number of para-hydroxylation sites is 1. The number of hydrogen-bond donors (Lipinski definition) is 1. The van der Waals surface area contributed by atoms with Crippen molar-refractivity contribution >= 4 is 27.5 Å². The molecule has 0 radical (unpaired) electrons. The molecule has 0 fully saturated rings. The molecule has 0 aliphatic carbocycles. The molecule has 1 aromatic carbocycles. The van der Waals surface area contributed by atoms with Crippen molar-refractivity contribution in [3.05, 3.63) is 44.6 Å². The van der Waals surface area contributed by atoms with Crippen LogP contribution < -0.4 is 10.1 Å². The largest absolute Gasteiger partial charge is 0.485 e. The van der Waals surface area contributed by atoms with Crippen molar-refractivity contribution in [3.8, 4) is 5.75 Å². The lowest BCUT2D eigenvalue weighted by Crippen LogP contribution is -2.09. The van der Waals surface area contributed by atoms with Crippen LogP contribution in [0, 0.1) is 6.92 Å².